The minimum Gasteiger partial charge on any atom is -0.390 e. The maximum absolute atomic E-state index is 14.3. The number of fused-ring (bicyclic) bond motifs is 1. The summed E-state index contributed by atoms with van der Waals surface area (Å²) in [5.41, 5.74) is 1.33. The average molecular weight is 593 g/mol. The summed E-state index contributed by atoms with van der Waals surface area (Å²) >= 11 is 6.27. The summed E-state index contributed by atoms with van der Waals surface area (Å²) in [6.07, 6.45) is -0.705. The van der Waals surface area contributed by atoms with E-state index in [9.17, 15) is 28.6 Å². The highest BCUT2D eigenvalue weighted by molar-refractivity contribution is 7.70. The summed E-state index contributed by atoms with van der Waals surface area (Å²) in [4.78, 5) is 31.8. The molecule has 208 valence electrons. The van der Waals surface area contributed by atoms with Crippen molar-refractivity contribution >= 4 is 43.5 Å². The topological polar surface area (TPSA) is 187 Å². The minimum absolute atomic E-state index is 0.0424. The number of rotatable bonds is 10. The van der Waals surface area contributed by atoms with Crippen molar-refractivity contribution < 1.29 is 42.9 Å². The van der Waals surface area contributed by atoms with Gasteiger partial charge in [-0.05, 0) is 37.8 Å². The molecule has 1 aliphatic carbocycles. The van der Waals surface area contributed by atoms with Gasteiger partial charge in [-0.3, -0.25) is 9.13 Å². The molecule has 4 rings (SSSR count). The zero-order valence-corrected chi connectivity index (χ0v) is 22.7. The van der Waals surface area contributed by atoms with Crippen LogP contribution in [0, 0.1) is 11.7 Å². The number of aromatic nitrogens is 3. The van der Waals surface area contributed by atoms with Crippen molar-refractivity contribution in [3.63, 3.8) is 0 Å². The zero-order chi connectivity index (χ0) is 27.8. The molecule has 0 amide bonds. The van der Waals surface area contributed by atoms with Gasteiger partial charge in [0.15, 0.2) is 11.6 Å². The fraction of sp³-hybridized carbons (Fsp3) is 0.455. The summed E-state index contributed by atoms with van der Waals surface area (Å²) < 4.78 is 43.4. The number of hydrogen-bond acceptors (Lipinski definition) is 8. The molecular weight excluding hydrogens is 565 g/mol. The van der Waals surface area contributed by atoms with Crippen molar-refractivity contribution in [3.8, 4) is 0 Å². The lowest BCUT2D eigenvalue weighted by atomic mass is 10.0. The first-order valence-corrected chi connectivity index (χ1v) is 15.6. The first kappa shape index (κ1) is 29.1. The van der Waals surface area contributed by atoms with E-state index >= 15 is 0 Å². The molecule has 1 fully saturated rings. The van der Waals surface area contributed by atoms with Gasteiger partial charge in [0.1, 0.15) is 17.1 Å². The number of pyridine rings is 1. The van der Waals surface area contributed by atoms with Crippen molar-refractivity contribution in [3.05, 3.63) is 53.1 Å². The van der Waals surface area contributed by atoms with E-state index in [0.29, 0.717) is 22.3 Å². The van der Waals surface area contributed by atoms with E-state index in [2.05, 4.69) is 15.4 Å². The largest absolute Gasteiger partial charge is 0.390 e. The van der Waals surface area contributed by atoms with E-state index < -0.39 is 51.3 Å². The first-order chi connectivity index (χ1) is 17.8. The van der Waals surface area contributed by atoms with Crippen molar-refractivity contribution in [2.24, 2.45) is 5.92 Å². The zero-order valence-electron chi connectivity index (χ0n) is 20.1. The second-order valence-electron chi connectivity index (χ2n) is 9.32. The monoisotopic (exact) mass is 592 g/mol. The van der Waals surface area contributed by atoms with Gasteiger partial charge in [-0.1, -0.05) is 29.8 Å². The number of nitrogens with zero attached hydrogens (tertiary/aromatic N) is 3. The molecule has 0 radical (unpaired) electrons. The highest BCUT2D eigenvalue weighted by atomic mass is 35.5. The lowest BCUT2D eigenvalue weighted by Crippen LogP contribution is -2.30. The minimum atomic E-state index is -4.76. The van der Waals surface area contributed by atoms with Crippen LogP contribution in [0.4, 0.5) is 10.1 Å². The third-order valence-electron chi connectivity index (χ3n) is 6.51. The number of aliphatic hydroxyl groups excluding tert-OH is 2. The fourth-order valence-corrected chi connectivity index (χ4v) is 7.50. The molecule has 0 aliphatic heterocycles. The molecule has 0 saturated heterocycles. The molecule has 16 heteroatoms. The molecule has 6 atom stereocenters. The molecule has 2 heterocycles. The standard InChI is InChI=1S/C22H28ClFN4O8P2/c1-12(14-4-2-3-5-16(14)24)26-17-9-19(23)27-22-15(17)10-25-28(22)18-8-13(20(29)21(18)30)6-7-36-38(34,35)11-37(31,32)33/h2-5,9-10,12-13,18,20-21,29-30H,6-8,11H2,1H3,(H,26,27)(H,34,35)(H2,31,32,33)/t12-,13-,18+,20+,21-/m0/s1. The van der Waals surface area contributed by atoms with Crippen LogP contribution in [0.15, 0.2) is 36.5 Å². The first-order valence-electron chi connectivity index (χ1n) is 11.7. The number of hydrogen-bond donors (Lipinski definition) is 6. The molecule has 1 aromatic carbocycles. The van der Waals surface area contributed by atoms with Crippen LogP contribution >= 0.6 is 26.8 Å². The van der Waals surface area contributed by atoms with Crippen LogP contribution in [0.1, 0.15) is 37.4 Å². The van der Waals surface area contributed by atoms with Gasteiger partial charge in [0.05, 0.1) is 42.1 Å². The van der Waals surface area contributed by atoms with E-state index in [1.54, 1.807) is 31.2 Å². The van der Waals surface area contributed by atoms with Gasteiger partial charge in [-0.25, -0.2) is 14.1 Å². The summed E-state index contributed by atoms with van der Waals surface area (Å²) in [7, 11) is -9.29. The maximum Gasteiger partial charge on any atom is 0.340 e. The van der Waals surface area contributed by atoms with Crippen LogP contribution in [-0.2, 0) is 13.7 Å². The van der Waals surface area contributed by atoms with Crippen LogP contribution in [-0.4, -0.2) is 64.4 Å². The van der Waals surface area contributed by atoms with Crippen LogP contribution < -0.4 is 5.32 Å². The van der Waals surface area contributed by atoms with Gasteiger partial charge in [-0.2, -0.15) is 5.10 Å². The second-order valence-corrected chi connectivity index (χ2v) is 13.7. The van der Waals surface area contributed by atoms with Gasteiger partial charge in [0.2, 0.25) is 0 Å². The van der Waals surface area contributed by atoms with Gasteiger partial charge in [0.25, 0.3) is 0 Å². The van der Waals surface area contributed by atoms with Crippen molar-refractivity contribution in [1.82, 2.24) is 14.8 Å². The van der Waals surface area contributed by atoms with Gasteiger partial charge in [0, 0.05) is 5.56 Å². The fourth-order valence-electron chi connectivity index (χ4n) is 4.74. The number of nitrogens with one attached hydrogen (secondary N) is 1. The lowest BCUT2D eigenvalue weighted by molar-refractivity contribution is 0.00169. The van der Waals surface area contributed by atoms with Crippen molar-refractivity contribution in [1.29, 1.82) is 0 Å². The van der Waals surface area contributed by atoms with E-state index in [1.165, 1.54) is 16.9 Å². The molecular formula is C22H28ClFN4O8P2. The Morgan fingerprint density at radius 2 is 1.95 bits per heavy atom. The van der Waals surface area contributed by atoms with E-state index in [1.807, 2.05) is 0 Å². The van der Waals surface area contributed by atoms with E-state index in [-0.39, 0.29) is 30.4 Å². The van der Waals surface area contributed by atoms with Crippen LogP contribution in [0.25, 0.3) is 11.0 Å². The highest BCUT2D eigenvalue weighted by Gasteiger charge is 2.43. The molecule has 0 spiro atoms. The van der Waals surface area contributed by atoms with Crippen LogP contribution in [0.5, 0.6) is 0 Å². The Labute approximate surface area is 222 Å². The molecule has 12 nitrogen and oxygen atoms in total. The number of aliphatic hydroxyl groups is 2. The summed E-state index contributed by atoms with van der Waals surface area (Å²) in [6, 6.07) is 6.81. The Balaban J connectivity index is 1.51. The summed E-state index contributed by atoms with van der Waals surface area (Å²) in [5, 5.41) is 29.6. The number of anilines is 1. The predicted molar refractivity (Wildman–Crippen MR) is 137 cm³/mol. The summed E-state index contributed by atoms with van der Waals surface area (Å²) in [5.74, 6) is -2.24. The molecule has 1 unspecified atom stereocenters. The Kier molecular flexibility index (Phi) is 8.64. The van der Waals surface area contributed by atoms with E-state index in [4.69, 9.17) is 25.9 Å². The van der Waals surface area contributed by atoms with Gasteiger partial charge < -0.3 is 34.7 Å². The van der Waals surface area contributed by atoms with Crippen LogP contribution in [0.3, 0.4) is 0 Å². The molecule has 2 aromatic heterocycles. The predicted octanol–water partition coefficient (Wildman–Crippen LogP) is 3.41. The molecule has 3 aromatic rings. The third-order valence-corrected chi connectivity index (χ3v) is 10.2. The number of halogens is 2. The maximum atomic E-state index is 14.3. The quantitative estimate of drug-likeness (QED) is 0.150. The van der Waals surface area contributed by atoms with E-state index in [0.717, 1.165) is 0 Å². The Morgan fingerprint density at radius 3 is 2.63 bits per heavy atom. The Morgan fingerprint density at radius 1 is 1.24 bits per heavy atom. The molecule has 1 saturated carbocycles. The highest BCUT2D eigenvalue weighted by Crippen LogP contribution is 2.55. The molecule has 38 heavy (non-hydrogen) atoms. The number of benzene rings is 1. The smallest absolute Gasteiger partial charge is 0.340 e. The van der Waals surface area contributed by atoms with Crippen molar-refractivity contribution in [2.45, 2.75) is 44.1 Å². The third kappa shape index (κ3) is 6.62. The molecule has 1 aliphatic rings. The van der Waals surface area contributed by atoms with Gasteiger partial charge >= 0.3 is 15.2 Å². The van der Waals surface area contributed by atoms with Crippen LogP contribution in [0.2, 0.25) is 5.15 Å². The normalized spacial score (nSPS) is 24.4. The second kappa shape index (κ2) is 11.3. The SMILES string of the molecule is C[C@H](Nc1cc(Cl)nc2c1cnn2[C@@H]1C[C@H](CCOP(=O)(O)CP(=O)(O)O)[C@@H](O)[C@H]1O)c1ccccc1F. The summed E-state index contributed by atoms with van der Waals surface area (Å²) in [6.45, 7) is 1.43. The molecule has 0 bridgehead atoms. The average Bonchev–Trinajstić information content (AvgIpc) is 3.33. The lowest BCUT2D eigenvalue weighted by Gasteiger charge is -2.19. The van der Waals surface area contributed by atoms with Crippen molar-refractivity contribution in [2.75, 3.05) is 17.8 Å². The Hall–Kier alpha value is -1.92. The van der Waals surface area contributed by atoms with Gasteiger partial charge in [-0.15, -0.1) is 0 Å². The Bertz CT molecular complexity index is 1400. The molecule has 6 N–H and O–H groups in total.